The highest BCUT2D eigenvalue weighted by molar-refractivity contribution is 7.79. The smallest absolute Gasteiger partial charge is 0.146 e. The molecule has 8 aromatic rings. The Labute approximate surface area is 221 Å². The van der Waals surface area contributed by atoms with Gasteiger partial charge in [0.15, 0.2) is 0 Å². The summed E-state index contributed by atoms with van der Waals surface area (Å²) in [6, 6.07) is 50.7. The third kappa shape index (κ3) is 3.28. The van der Waals surface area contributed by atoms with E-state index in [0.29, 0.717) is 0 Å². The van der Waals surface area contributed by atoms with Crippen LogP contribution in [-0.4, -0.2) is 9.38 Å². The Kier molecular flexibility index (Phi) is 4.83. The highest BCUT2D eigenvalue weighted by atomic mass is 31.1. The van der Waals surface area contributed by atoms with Gasteiger partial charge in [-0.15, -0.1) is 0 Å². The fourth-order valence-corrected chi connectivity index (χ4v) is 8.11. The number of benzene rings is 6. The first-order chi connectivity index (χ1) is 18.8. The second kappa shape index (κ2) is 8.52. The number of para-hydroxylation sites is 1. The first kappa shape index (κ1) is 21.6. The molecule has 0 saturated carbocycles. The van der Waals surface area contributed by atoms with Crippen molar-refractivity contribution in [2.75, 3.05) is 0 Å². The van der Waals surface area contributed by atoms with Crippen molar-refractivity contribution in [3.8, 4) is 0 Å². The molecule has 0 spiro atoms. The molecule has 0 amide bonds. The number of aromatic nitrogens is 2. The summed E-state index contributed by atoms with van der Waals surface area (Å²) in [6.07, 6.45) is 0. The molecule has 178 valence electrons. The molecule has 2 heterocycles. The molecule has 0 N–H and O–H groups in total. The van der Waals surface area contributed by atoms with Crippen LogP contribution in [0.2, 0.25) is 0 Å². The average molecular weight is 503 g/mol. The molecule has 8 rings (SSSR count). The van der Waals surface area contributed by atoms with Gasteiger partial charge >= 0.3 is 0 Å². The van der Waals surface area contributed by atoms with Crippen molar-refractivity contribution in [1.82, 2.24) is 9.38 Å². The van der Waals surface area contributed by atoms with Gasteiger partial charge in [-0.25, -0.2) is 4.98 Å². The maximum Gasteiger partial charge on any atom is 0.146 e. The lowest BCUT2D eigenvalue weighted by atomic mass is 10.1. The molecule has 0 saturated heterocycles. The molecule has 6 aromatic carbocycles. The van der Waals surface area contributed by atoms with Gasteiger partial charge in [-0.2, -0.15) is 0 Å². The highest BCUT2D eigenvalue weighted by Crippen LogP contribution is 2.37. The molecule has 3 heteroatoms. The minimum atomic E-state index is -0.748. The predicted molar refractivity (Wildman–Crippen MR) is 164 cm³/mol. The van der Waals surface area contributed by atoms with Crippen molar-refractivity contribution < 1.29 is 0 Å². The molecule has 38 heavy (non-hydrogen) atoms. The van der Waals surface area contributed by atoms with Crippen molar-refractivity contribution in [3.63, 3.8) is 0 Å². The lowest BCUT2D eigenvalue weighted by molar-refractivity contribution is 1.32. The van der Waals surface area contributed by atoms with Gasteiger partial charge in [0.25, 0.3) is 0 Å². The zero-order chi connectivity index (χ0) is 25.1. The van der Waals surface area contributed by atoms with Gasteiger partial charge in [-0.05, 0) is 64.3 Å². The van der Waals surface area contributed by atoms with E-state index >= 15 is 0 Å². The van der Waals surface area contributed by atoms with Gasteiger partial charge in [0.05, 0.1) is 16.6 Å². The minimum Gasteiger partial charge on any atom is -0.292 e. The average Bonchev–Trinajstić information content (AvgIpc) is 3.37. The maximum absolute atomic E-state index is 5.15. The molecule has 0 radical (unpaired) electrons. The fraction of sp³-hybridized carbons (Fsp3) is 0. The summed E-state index contributed by atoms with van der Waals surface area (Å²) in [5.74, 6) is 0. The van der Waals surface area contributed by atoms with Crippen LogP contribution in [0, 0.1) is 0 Å². The van der Waals surface area contributed by atoms with E-state index in [1.165, 1.54) is 48.4 Å². The van der Waals surface area contributed by atoms with Gasteiger partial charge < -0.3 is 0 Å². The summed E-state index contributed by atoms with van der Waals surface area (Å²) in [6.45, 7) is 0. The summed E-state index contributed by atoms with van der Waals surface area (Å²) in [4.78, 5) is 5.15. The number of fused-ring (bicyclic) bond motifs is 9. The zero-order valence-corrected chi connectivity index (χ0v) is 21.5. The Balaban J connectivity index is 1.44. The van der Waals surface area contributed by atoms with Crippen LogP contribution in [0.25, 0.3) is 49.1 Å². The maximum atomic E-state index is 5.15. The summed E-state index contributed by atoms with van der Waals surface area (Å²) >= 11 is 0. The van der Waals surface area contributed by atoms with E-state index in [-0.39, 0.29) is 0 Å². The summed E-state index contributed by atoms with van der Waals surface area (Å²) < 4.78 is 2.36. The number of hydrogen-bond donors (Lipinski definition) is 0. The number of pyridine rings is 1. The van der Waals surface area contributed by atoms with Crippen LogP contribution < -0.4 is 15.9 Å². The first-order valence-corrected chi connectivity index (χ1v) is 14.2. The molecule has 0 fully saturated rings. The van der Waals surface area contributed by atoms with Gasteiger partial charge in [-0.1, -0.05) is 115 Å². The lowest BCUT2D eigenvalue weighted by Crippen LogP contribution is -2.20. The first-order valence-electron chi connectivity index (χ1n) is 12.9. The molecule has 0 aliphatic heterocycles. The van der Waals surface area contributed by atoms with E-state index < -0.39 is 7.92 Å². The van der Waals surface area contributed by atoms with E-state index in [1.54, 1.807) is 0 Å². The number of rotatable bonds is 3. The monoisotopic (exact) mass is 502 g/mol. The van der Waals surface area contributed by atoms with E-state index in [1.807, 2.05) is 0 Å². The third-order valence-electron chi connectivity index (χ3n) is 7.50. The molecule has 0 aliphatic carbocycles. The van der Waals surface area contributed by atoms with Crippen LogP contribution in [0.5, 0.6) is 0 Å². The zero-order valence-electron chi connectivity index (χ0n) is 20.6. The van der Waals surface area contributed by atoms with E-state index in [4.69, 9.17) is 4.98 Å². The second-order valence-electron chi connectivity index (χ2n) is 9.71. The SMILES string of the molecule is c1ccc(P(c2ccc3ccccc3c2)c2ccc3nc4c5ccccc5c5ccccc5n4c3c2)cc1. The second-order valence-corrected chi connectivity index (χ2v) is 11.9. The summed E-state index contributed by atoms with van der Waals surface area (Å²) in [7, 11) is -0.748. The highest BCUT2D eigenvalue weighted by Gasteiger charge is 2.20. The number of hydrogen-bond acceptors (Lipinski definition) is 1. The van der Waals surface area contributed by atoms with Crippen LogP contribution >= 0.6 is 7.92 Å². The molecular weight excluding hydrogens is 479 g/mol. The number of nitrogens with zero attached hydrogens (tertiary/aromatic N) is 2. The Morgan fingerprint density at radius 1 is 0.447 bits per heavy atom. The van der Waals surface area contributed by atoms with E-state index in [2.05, 4.69) is 144 Å². The van der Waals surface area contributed by atoms with Crippen molar-refractivity contribution in [2.45, 2.75) is 0 Å². The van der Waals surface area contributed by atoms with Crippen molar-refractivity contribution in [2.24, 2.45) is 0 Å². The van der Waals surface area contributed by atoms with Crippen LogP contribution in [-0.2, 0) is 0 Å². The predicted octanol–water partition coefficient (Wildman–Crippen LogP) is 7.71. The van der Waals surface area contributed by atoms with E-state index in [0.717, 1.165) is 16.7 Å². The van der Waals surface area contributed by atoms with Gasteiger partial charge in [-0.3, -0.25) is 4.40 Å². The van der Waals surface area contributed by atoms with Crippen LogP contribution in [0.3, 0.4) is 0 Å². The normalized spacial score (nSPS) is 12.6. The van der Waals surface area contributed by atoms with Gasteiger partial charge in [0, 0.05) is 10.8 Å². The molecule has 1 unspecified atom stereocenters. The summed E-state index contributed by atoms with van der Waals surface area (Å²) in [5.41, 5.74) is 4.39. The van der Waals surface area contributed by atoms with E-state index in [9.17, 15) is 0 Å². The molecule has 2 aromatic heterocycles. The van der Waals surface area contributed by atoms with Gasteiger partial charge in [0.2, 0.25) is 0 Å². The molecule has 0 aliphatic rings. The van der Waals surface area contributed by atoms with Crippen LogP contribution in [0.15, 0.2) is 140 Å². The standard InChI is InChI=1S/C35H23N2P/c1-2-12-26(13-3-1)38(27-19-18-24-10-4-5-11-25(24)22-27)28-20-21-32-34(23-28)37-33-17-9-8-15-30(33)29-14-6-7-16-31(29)35(37)36-32/h1-23H. The summed E-state index contributed by atoms with van der Waals surface area (Å²) in [5, 5.41) is 10.3. The largest absolute Gasteiger partial charge is 0.292 e. The minimum absolute atomic E-state index is 0.748. The Morgan fingerprint density at radius 3 is 1.97 bits per heavy atom. The van der Waals surface area contributed by atoms with Crippen molar-refractivity contribution >= 4 is 73.0 Å². The Bertz CT molecular complexity index is 2140. The Hall–Kier alpha value is -4.52. The van der Waals surface area contributed by atoms with Crippen molar-refractivity contribution in [3.05, 3.63) is 140 Å². The molecule has 0 bridgehead atoms. The van der Waals surface area contributed by atoms with Gasteiger partial charge in [0.1, 0.15) is 5.65 Å². The lowest BCUT2D eigenvalue weighted by Gasteiger charge is -2.20. The van der Waals surface area contributed by atoms with Crippen LogP contribution in [0.4, 0.5) is 0 Å². The molecular formula is C35H23N2P. The van der Waals surface area contributed by atoms with Crippen molar-refractivity contribution in [1.29, 1.82) is 0 Å². The Morgan fingerprint density at radius 2 is 1.11 bits per heavy atom. The molecule has 1 atom stereocenters. The topological polar surface area (TPSA) is 17.3 Å². The fourth-order valence-electron chi connectivity index (χ4n) is 5.78. The third-order valence-corrected chi connectivity index (χ3v) is 9.91. The quantitative estimate of drug-likeness (QED) is 0.179. The number of imidazole rings is 1. The molecule has 2 nitrogen and oxygen atoms in total. The van der Waals surface area contributed by atoms with Crippen LogP contribution in [0.1, 0.15) is 0 Å².